The zero-order valence-corrected chi connectivity index (χ0v) is 19.8. The third kappa shape index (κ3) is 9.41. The minimum atomic E-state index is 0. The number of aryl methyl sites for hydroxylation is 1. The molecule has 0 atom stereocenters. The monoisotopic (exact) mass is 502 g/mol. The van der Waals surface area contributed by atoms with Crippen LogP contribution >= 0.6 is 35.3 Å². The van der Waals surface area contributed by atoms with Gasteiger partial charge < -0.3 is 15.4 Å². The average molecular weight is 502 g/mol. The number of guanidine groups is 1. The minimum Gasteiger partial charge on any atom is -0.493 e. The molecule has 7 heteroatoms. The Bertz CT molecular complexity index is 686. The molecular formula is C20H31IN4OS. The second-order valence-corrected chi connectivity index (χ2v) is 7.64. The van der Waals surface area contributed by atoms with E-state index < -0.39 is 0 Å². The largest absolute Gasteiger partial charge is 0.493 e. The van der Waals surface area contributed by atoms with E-state index in [1.54, 1.807) is 11.3 Å². The fourth-order valence-corrected chi connectivity index (χ4v) is 2.95. The van der Waals surface area contributed by atoms with Crippen molar-refractivity contribution in [3.63, 3.8) is 0 Å². The molecule has 150 valence electrons. The fraction of sp³-hybridized carbons (Fsp3) is 0.500. The second kappa shape index (κ2) is 12.9. The van der Waals surface area contributed by atoms with Gasteiger partial charge in [-0.2, -0.15) is 0 Å². The van der Waals surface area contributed by atoms with E-state index in [2.05, 4.69) is 58.9 Å². The topological polar surface area (TPSA) is 58.5 Å². The van der Waals surface area contributed by atoms with Crippen LogP contribution in [0, 0.1) is 12.8 Å². The standard InChI is InChI=1S/C20H30N4OS.HI/c1-5-21-20(22-11-10-18-14-26-16(4)24-18)23-12-17-6-8-19(9-7-17)25-13-15(2)3;/h6-9,14-15H,5,10-13H2,1-4H3,(H2,21,22,23);1H. The number of halogens is 1. The van der Waals surface area contributed by atoms with E-state index in [1.807, 2.05) is 19.1 Å². The molecule has 0 radical (unpaired) electrons. The molecule has 0 saturated heterocycles. The number of hydrogen-bond donors (Lipinski definition) is 2. The van der Waals surface area contributed by atoms with Crippen LogP contribution in [0.15, 0.2) is 34.6 Å². The van der Waals surface area contributed by atoms with E-state index in [0.29, 0.717) is 12.5 Å². The van der Waals surface area contributed by atoms with E-state index in [1.165, 1.54) is 0 Å². The summed E-state index contributed by atoms with van der Waals surface area (Å²) in [6, 6.07) is 8.16. The summed E-state index contributed by atoms with van der Waals surface area (Å²) in [4.78, 5) is 9.15. The third-order valence-electron chi connectivity index (χ3n) is 3.61. The summed E-state index contributed by atoms with van der Waals surface area (Å²) in [6.07, 6.45) is 0.899. The van der Waals surface area contributed by atoms with Crippen LogP contribution in [0.25, 0.3) is 0 Å². The van der Waals surface area contributed by atoms with E-state index in [4.69, 9.17) is 4.74 Å². The molecule has 0 aliphatic heterocycles. The highest BCUT2D eigenvalue weighted by Gasteiger charge is 2.02. The van der Waals surface area contributed by atoms with Crippen molar-refractivity contribution in [2.75, 3.05) is 19.7 Å². The highest BCUT2D eigenvalue weighted by molar-refractivity contribution is 14.0. The van der Waals surface area contributed by atoms with Crippen LogP contribution in [-0.4, -0.2) is 30.6 Å². The molecule has 0 amide bonds. The van der Waals surface area contributed by atoms with Crippen molar-refractivity contribution in [1.29, 1.82) is 0 Å². The summed E-state index contributed by atoms with van der Waals surface area (Å²) < 4.78 is 5.72. The number of nitrogens with one attached hydrogen (secondary N) is 2. The Morgan fingerprint density at radius 1 is 1.22 bits per heavy atom. The van der Waals surface area contributed by atoms with Crippen molar-refractivity contribution in [2.24, 2.45) is 10.9 Å². The van der Waals surface area contributed by atoms with Crippen molar-refractivity contribution in [2.45, 2.75) is 40.7 Å². The van der Waals surface area contributed by atoms with E-state index >= 15 is 0 Å². The Morgan fingerprint density at radius 2 is 1.96 bits per heavy atom. The summed E-state index contributed by atoms with van der Waals surface area (Å²) >= 11 is 1.69. The van der Waals surface area contributed by atoms with Gasteiger partial charge in [-0.15, -0.1) is 35.3 Å². The lowest BCUT2D eigenvalue weighted by Gasteiger charge is -2.11. The lowest BCUT2D eigenvalue weighted by molar-refractivity contribution is 0.271. The maximum atomic E-state index is 5.72. The number of ether oxygens (including phenoxy) is 1. The minimum absolute atomic E-state index is 0. The predicted octanol–water partition coefficient (Wildman–Crippen LogP) is 4.40. The molecule has 1 heterocycles. The first-order valence-electron chi connectivity index (χ1n) is 9.21. The zero-order chi connectivity index (χ0) is 18.8. The van der Waals surface area contributed by atoms with Gasteiger partial charge in [0.2, 0.25) is 0 Å². The summed E-state index contributed by atoms with van der Waals surface area (Å²) in [7, 11) is 0. The van der Waals surface area contributed by atoms with Crippen molar-refractivity contribution >= 4 is 41.3 Å². The van der Waals surface area contributed by atoms with E-state index in [-0.39, 0.29) is 24.0 Å². The first-order chi connectivity index (χ1) is 12.6. The smallest absolute Gasteiger partial charge is 0.191 e. The quantitative estimate of drug-likeness (QED) is 0.303. The van der Waals surface area contributed by atoms with Gasteiger partial charge in [0.1, 0.15) is 5.75 Å². The molecule has 0 bridgehead atoms. The Hall–Kier alpha value is -1.35. The molecule has 0 saturated carbocycles. The average Bonchev–Trinajstić information content (AvgIpc) is 3.04. The van der Waals surface area contributed by atoms with Gasteiger partial charge in [0, 0.05) is 24.9 Å². The van der Waals surface area contributed by atoms with Crippen LogP contribution in [0.4, 0.5) is 0 Å². The third-order valence-corrected chi connectivity index (χ3v) is 4.43. The predicted molar refractivity (Wildman–Crippen MR) is 126 cm³/mol. The summed E-state index contributed by atoms with van der Waals surface area (Å²) in [5, 5.41) is 9.88. The molecule has 0 aliphatic carbocycles. The van der Waals surface area contributed by atoms with E-state index in [0.717, 1.165) is 54.1 Å². The number of thiazole rings is 1. The number of benzene rings is 1. The van der Waals surface area contributed by atoms with Crippen molar-refractivity contribution < 1.29 is 4.74 Å². The van der Waals surface area contributed by atoms with E-state index in [9.17, 15) is 0 Å². The molecule has 1 aromatic heterocycles. The number of rotatable bonds is 9. The fourth-order valence-electron chi connectivity index (χ4n) is 2.30. The van der Waals surface area contributed by atoms with Crippen LogP contribution < -0.4 is 15.4 Å². The van der Waals surface area contributed by atoms with Crippen LogP contribution in [0.3, 0.4) is 0 Å². The van der Waals surface area contributed by atoms with Crippen molar-refractivity contribution in [3.8, 4) is 5.75 Å². The van der Waals surface area contributed by atoms with Gasteiger partial charge in [0.05, 0.1) is 23.9 Å². The molecule has 0 spiro atoms. The SMILES string of the molecule is CCNC(=NCc1ccc(OCC(C)C)cc1)NCCc1csc(C)n1.I. The van der Waals surface area contributed by atoms with Crippen molar-refractivity contribution in [3.05, 3.63) is 45.9 Å². The summed E-state index contributed by atoms with van der Waals surface area (Å²) in [5.74, 6) is 2.27. The van der Waals surface area contributed by atoms with Gasteiger partial charge in [0.15, 0.2) is 5.96 Å². The number of aliphatic imine (C=N–C) groups is 1. The zero-order valence-electron chi connectivity index (χ0n) is 16.6. The normalized spacial score (nSPS) is 11.2. The van der Waals surface area contributed by atoms with Gasteiger partial charge in [-0.05, 0) is 37.5 Å². The molecule has 2 aromatic rings. The molecule has 2 N–H and O–H groups in total. The molecule has 0 unspecified atom stereocenters. The lowest BCUT2D eigenvalue weighted by atomic mass is 10.2. The van der Waals surface area contributed by atoms with Crippen LogP contribution in [-0.2, 0) is 13.0 Å². The number of nitrogens with zero attached hydrogens (tertiary/aromatic N) is 2. The summed E-state index contributed by atoms with van der Waals surface area (Å²) in [6.45, 7) is 11.4. The molecule has 1 aromatic carbocycles. The summed E-state index contributed by atoms with van der Waals surface area (Å²) in [5.41, 5.74) is 2.29. The van der Waals surface area contributed by atoms with Crippen LogP contribution in [0.2, 0.25) is 0 Å². The molecule has 0 aliphatic rings. The Labute approximate surface area is 184 Å². The lowest BCUT2D eigenvalue weighted by Crippen LogP contribution is -2.38. The van der Waals surface area contributed by atoms with Gasteiger partial charge in [-0.1, -0.05) is 26.0 Å². The van der Waals surface area contributed by atoms with Gasteiger partial charge in [-0.3, -0.25) is 0 Å². The highest BCUT2D eigenvalue weighted by Crippen LogP contribution is 2.14. The van der Waals surface area contributed by atoms with Gasteiger partial charge in [0.25, 0.3) is 0 Å². The molecule has 5 nitrogen and oxygen atoms in total. The Balaban J connectivity index is 0.00000364. The number of aromatic nitrogens is 1. The Morgan fingerprint density at radius 3 is 2.56 bits per heavy atom. The maximum Gasteiger partial charge on any atom is 0.191 e. The van der Waals surface area contributed by atoms with Crippen LogP contribution in [0.1, 0.15) is 37.0 Å². The Kier molecular flexibility index (Phi) is 11.3. The van der Waals surface area contributed by atoms with Gasteiger partial charge in [-0.25, -0.2) is 9.98 Å². The first-order valence-corrected chi connectivity index (χ1v) is 10.1. The maximum absolute atomic E-state index is 5.72. The number of hydrogen-bond acceptors (Lipinski definition) is 4. The first kappa shape index (κ1) is 23.7. The molecule has 0 fully saturated rings. The second-order valence-electron chi connectivity index (χ2n) is 6.58. The molecular weight excluding hydrogens is 471 g/mol. The van der Waals surface area contributed by atoms with Gasteiger partial charge >= 0.3 is 0 Å². The van der Waals surface area contributed by atoms with Crippen molar-refractivity contribution in [1.82, 2.24) is 15.6 Å². The molecule has 2 rings (SSSR count). The highest BCUT2D eigenvalue weighted by atomic mass is 127. The van der Waals surface area contributed by atoms with Crippen LogP contribution in [0.5, 0.6) is 5.75 Å². The molecule has 27 heavy (non-hydrogen) atoms.